The number of carbonyl (C=O) groups excluding carboxylic acids is 1. The highest BCUT2D eigenvalue weighted by atomic mass is 16.6. The number of aromatic nitrogens is 2. The monoisotopic (exact) mass is 243 g/mol. The lowest BCUT2D eigenvalue weighted by molar-refractivity contribution is 0.0523. The number of rotatable bonds is 0. The summed E-state index contributed by atoms with van der Waals surface area (Å²) in [6, 6.07) is 7.08. The van der Waals surface area contributed by atoms with E-state index in [2.05, 4.69) is 5.10 Å². The molecule has 0 radical (unpaired) electrons. The first-order valence-corrected chi connectivity index (χ1v) is 5.52. The molecule has 5 heteroatoms. The van der Waals surface area contributed by atoms with E-state index in [9.17, 15) is 4.79 Å². The molecule has 0 N–H and O–H groups in total. The highest BCUT2D eigenvalue weighted by Gasteiger charge is 2.20. The predicted octanol–water partition coefficient (Wildman–Crippen LogP) is 2.69. The lowest BCUT2D eigenvalue weighted by atomic mass is 10.2. The maximum Gasteiger partial charge on any atom is 0.435 e. The van der Waals surface area contributed by atoms with Crippen molar-refractivity contribution in [1.29, 1.82) is 5.26 Å². The molecule has 0 aliphatic carbocycles. The van der Waals surface area contributed by atoms with E-state index < -0.39 is 11.7 Å². The summed E-state index contributed by atoms with van der Waals surface area (Å²) < 4.78 is 6.41. The van der Waals surface area contributed by atoms with Gasteiger partial charge in [0.1, 0.15) is 5.60 Å². The Kier molecular flexibility index (Phi) is 2.79. The van der Waals surface area contributed by atoms with Crippen LogP contribution in [0.3, 0.4) is 0 Å². The molecule has 0 spiro atoms. The van der Waals surface area contributed by atoms with Gasteiger partial charge in [0.25, 0.3) is 0 Å². The molecule has 0 fully saturated rings. The lowest BCUT2D eigenvalue weighted by Gasteiger charge is -2.19. The second-order valence-corrected chi connectivity index (χ2v) is 4.92. The Morgan fingerprint density at radius 1 is 1.44 bits per heavy atom. The van der Waals surface area contributed by atoms with Gasteiger partial charge in [0, 0.05) is 5.39 Å². The molecule has 0 unspecified atom stereocenters. The van der Waals surface area contributed by atoms with Gasteiger partial charge in [0.15, 0.2) is 0 Å². The highest BCUT2D eigenvalue weighted by Crippen LogP contribution is 2.17. The third kappa shape index (κ3) is 2.33. The highest BCUT2D eigenvalue weighted by molar-refractivity contribution is 5.88. The molecule has 1 aromatic heterocycles. The Hall–Kier alpha value is -2.35. The summed E-state index contributed by atoms with van der Waals surface area (Å²) in [5.74, 6) is 0. The van der Waals surface area contributed by atoms with Gasteiger partial charge < -0.3 is 4.74 Å². The van der Waals surface area contributed by atoms with Crippen molar-refractivity contribution in [3.05, 3.63) is 30.0 Å². The van der Waals surface area contributed by atoms with Crippen LogP contribution in [0.25, 0.3) is 10.9 Å². The molecule has 0 aliphatic rings. The Balaban J connectivity index is 2.46. The van der Waals surface area contributed by atoms with Gasteiger partial charge in [-0.1, -0.05) is 0 Å². The summed E-state index contributed by atoms with van der Waals surface area (Å²) in [4.78, 5) is 11.9. The molecule has 1 heterocycles. The van der Waals surface area contributed by atoms with Crippen LogP contribution in [0.4, 0.5) is 4.79 Å². The van der Waals surface area contributed by atoms with Crippen LogP contribution < -0.4 is 0 Å². The van der Waals surface area contributed by atoms with E-state index in [-0.39, 0.29) is 0 Å². The summed E-state index contributed by atoms with van der Waals surface area (Å²) in [6.07, 6.45) is 1.02. The summed E-state index contributed by atoms with van der Waals surface area (Å²) in [5, 5.41) is 13.6. The number of nitrogens with zero attached hydrogens (tertiary/aromatic N) is 3. The van der Waals surface area contributed by atoms with Crippen LogP contribution in [0.15, 0.2) is 24.4 Å². The molecule has 0 atom stereocenters. The molecule has 0 bridgehead atoms. The molecule has 2 rings (SSSR count). The standard InChI is InChI=1S/C13H13N3O2/c1-13(2,3)18-12(17)16-11-6-9(7-14)4-5-10(11)8-15-16/h4-6,8H,1-3H3. The SMILES string of the molecule is CC(C)(C)OC(=O)n1ncc2ccc(C#N)cc21. The minimum absolute atomic E-state index is 0.479. The van der Waals surface area contributed by atoms with Crippen LogP contribution in [0.1, 0.15) is 26.3 Å². The van der Waals surface area contributed by atoms with E-state index in [0.29, 0.717) is 11.1 Å². The molecule has 0 saturated carbocycles. The van der Waals surface area contributed by atoms with Gasteiger partial charge in [-0.2, -0.15) is 15.0 Å². The Morgan fingerprint density at radius 3 is 2.78 bits per heavy atom. The largest absolute Gasteiger partial charge is 0.442 e. The van der Waals surface area contributed by atoms with Gasteiger partial charge >= 0.3 is 6.09 Å². The first-order chi connectivity index (χ1) is 8.40. The Bertz CT molecular complexity index is 644. The second kappa shape index (κ2) is 4.15. The van der Waals surface area contributed by atoms with E-state index in [1.54, 1.807) is 45.2 Å². The predicted molar refractivity (Wildman–Crippen MR) is 66.1 cm³/mol. The number of nitriles is 1. The van der Waals surface area contributed by atoms with Crippen molar-refractivity contribution in [2.24, 2.45) is 0 Å². The molecule has 1 aromatic carbocycles. The van der Waals surface area contributed by atoms with Crippen LogP contribution in [0.5, 0.6) is 0 Å². The van der Waals surface area contributed by atoms with Crippen LogP contribution in [-0.2, 0) is 4.74 Å². The van der Waals surface area contributed by atoms with Crippen LogP contribution in [0, 0.1) is 11.3 Å². The Labute approximate surface area is 105 Å². The smallest absolute Gasteiger partial charge is 0.435 e. The van der Waals surface area contributed by atoms with Crippen molar-refractivity contribution >= 4 is 17.0 Å². The first kappa shape index (κ1) is 12.1. The lowest BCUT2D eigenvalue weighted by Crippen LogP contribution is -2.27. The fourth-order valence-corrected chi connectivity index (χ4v) is 1.54. The molecule has 0 amide bonds. The summed E-state index contributed by atoms with van der Waals surface area (Å²) >= 11 is 0. The van der Waals surface area contributed by atoms with Gasteiger partial charge in [-0.3, -0.25) is 0 Å². The molecule has 0 saturated heterocycles. The minimum Gasteiger partial charge on any atom is -0.442 e. The maximum atomic E-state index is 11.9. The first-order valence-electron chi connectivity index (χ1n) is 5.52. The van der Waals surface area contributed by atoms with Crippen LogP contribution in [0.2, 0.25) is 0 Å². The average molecular weight is 243 g/mol. The zero-order valence-corrected chi connectivity index (χ0v) is 10.5. The van der Waals surface area contributed by atoms with Gasteiger partial charge in [0.2, 0.25) is 0 Å². The number of hydrogen-bond acceptors (Lipinski definition) is 4. The zero-order chi connectivity index (χ0) is 13.3. The molecule has 5 nitrogen and oxygen atoms in total. The summed E-state index contributed by atoms with van der Waals surface area (Å²) in [7, 11) is 0. The average Bonchev–Trinajstić information content (AvgIpc) is 2.69. The van der Waals surface area contributed by atoms with Crippen molar-refractivity contribution in [3.8, 4) is 6.07 Å². The normalized spacial score (nSPS) is 11.2. The van der Waals surface area contributed by atoms with Gasteiger partial charge in [-0.25, -0.2) is 4.79 Å². The third-order valence-electron chi connectivity index (χ3n) is 2.27. The quantitative estimate of drug-likeness (QED) is 0.713. The maximum absolute atomic E-state index is 11.9. The number of benzene rings is 1. The Morgan fingerprint density at radius 2 is 2.17 bits per heavy atom. The van der Waals surface area contributed by atoms with Gasteiger partial charge in [-0.05, 0) is 39.0 Å². The van der Waals surface area contributed by atoms with Crippen LogP contribution in [-0.4, -0.2) is 21.5 Å². The summed E-state index contributed by atoms with van der Waals surface area (Å²) in [6.45, 7) is 5.37. The zero-order valence-electron chi connectivity index (χ0n) is 10.5. The van der Waals surface area contributed by atoms with Gasteiger partial charge in [0.05, 0.1) is 23.3 Å². The molecule has 2 aromatic rings. The molecule has 0 aliphatic heterocycles. The van der Waals surface area contributed by atoms with Gasteiger partial charge in [-0.15, -0.1) is 0 Å². The summed E-state index contributed by atoms with van der Waals surface area (Å²) in [5.41, 5.74) is 0.471. The fourth-order valence-electron chi connectivity index (χ4n) is 1.54. The van der Waals surface area contributed by atoms with Crippen LogP contribution >= 0.6 is 0 Å². The van der Waals surface area contributed by atoms with E-state index in [1.807, 2.05) is 6.07 Å². The van der Waals surface area contributed by atoms with E-state index in [4.69, 9.17) is 10.00 Å². The van der Waals surface area contributed by atoms with Crippen molar-refractivity contribution in [2.45, 2.75) is 26.4 Å². The van der Waals surface area contributed by atoms with Crippen molar-refractivity contribution in [1.82, 2.24) is 9.78 Å². The van der Waals surface area contributed by atoms with E-state index >= 15 is 0 Å². The third-order valence-corrected chi connectivity index (χ3v) is 2.27. The molecule has 92 valence electrons. The molecular weight excluding hydrogens is 230 g/mol. The second-order valence-electron chi connectivity index (χ2n) is 4.92. The van der Waals surface area contributed by atoms with Crippen molar-refractivity contribution in [2.75, 3.05) is 0 Å². The van der Waals surface area contributed by atoms with E-state index in [0.717, 1.165) is 5.39 Å². The van der Waals surface area contributed by atoms with Crippen molar-refractivity contribution in [3.63, 3.8) is 0 Å². The number of fused-ring (bicyclic) bond motifs is 1. The molecule has 18 heavy (non-hydrogen) atoms. The van der Waals surface area contributed by atoms with E-state index in [1.165, 1.54) is 4.68 Å². The number of hydrogen-bond donors (Lipinski definition) is 0. The topological polar surface area (TPSA) is 67.9 Å². The van der Waals surface area contributed by atoms with Crippen molar-refractivity contribution < 1.29 is 9.53 Å². The number of carbonyl (C=O) groups is 1. The molecular formula is C13H13N3O2. The number of ether oxygens (including phenoxy) is 1. The minimum atomic E-state index is -0.581. The fraction of sp³-hybridized carbons (Fsp3) is 0.308.